The summed E-state index contributed by atoms with van der Waals surface area (Å²) in [5, 5.41) is 5.26. The Morgan fingerprint density at radius 2 is 1.93 bits per heavy atom. The minimum Gasteiger partial charge on any atom is -0.350 e. The Labute approximate surface area is 164 Å². The molecule has 1 aliphatic heterocycles. The van der Waals surface area contributed by atoms with Crippen molar-refractivity contribution in [3.05, 3.63) is 29.8 Å². The van der Waals surface area contributed by atoms with Crippen LogP contribution >= 0.6 is 24.8 Å². The highest BCUT2D eigenvalue weighted by molar-refractivity contribution is 6.04. The molecule has 1 aromatic heterocycles. The number of benzene rings is 1. The molecule has 1 atom stereocenters. The highest BCUT2D eigenvalue weighted by atomic mass is 35.5. The maximum atomic E-state index is 13.6. The number of halogens is 6. The first-order valence-electron chi connectivity index (χ1n) is 7.78. The highest BCUT2D eigenvalue weighted by Crippen LogP contribution is 2.25. The van der Waals surface area contributed by atoms with Gasteiger partial charge in [-0.2, -0.15) is 13.2 Å². The number of aromatic amines is 1. The van der Waals surface area contributed by atoms with Gasteiger partial charge in [-0.3, -0.25) is 9.69 Å². The average molecular weight is 432 g/mol. The molecule has 6 nitrogen and oxygen atoms in total. The van der Waals surface area contributed by atoms with Gasteiger partial charge in [0.05, 0.1) is 17.4 Å². The van der Waals surface area contributed by atoms with Crippen LogP contribution in [0, 0.1) is 5.82 Å². The van der Waals surface area contributed by atoms with Gasteiger partial charge in [-0.25, -0.2) is 9.37 Å². The first-order chi connectivity index (χ1) is 11.9. The minimum atomic E-state index is -4.48. The summed E-state index contributed by atoms with van der Waals surface area (Å²) in [6, 6.07) is 0.339. The Balaban J connectivity index is 0.00000182. The predicted molar refractivity (Wildman–Crippen MR) is 97.2 cm³/mol. The fraction of sp³-hybridized carbons (Fsp3) is 0.467. The number of carbonyl (C=O) groups is 1. The molecule has 1 aromatic carbocycles. The number of amides is 1. The number of fused-ring (bicyclic) bond motifs is 1. The lowest BCUT2D eigenvalue weighted by atomic mass is 10.1. The zero-order valence-corrected chi connectivity index (χ0v) is 15.6. The molecule has 1 unspecified atom stereocenters. The number of piperazine rings is 1. The van der Waals surface area contributed by atoms with Crippen LogP contribution in [-0.4, -0.2) is 65.7 Å². The molecule has 0 saturated carbocycles. The smallest absolute Gasteiger partial charge is 0.350 e. The molecule has 0 radical (unpaired) electrons. The van der Waals surface area contributed by atoms with Gasteiger partial charge in [0.2, 0.25) is 0 Å². The Morgan fingerprint density at radius 1 is 1.26 bits per heavy atom. The number of aromatic nitrogens is 2. The van der Waals surface area contributed by atoms with Crippen LogP contribution < -0.4 is 10.6 Å². The van der Waals surface area contributed by atoms with Crippen molar-refractivity contribution in [1.29, 1.82) is 0 Å². The quantitative estimate of drug-likeness (QED) is 0.648. The number of hydrogen-bond donors (Lipinski definition) is 3. The van der Waals surface area contributed by atoms with Gasteiger partial charge < -0.3 is 15.6 Å². The van der Waals surface area contributed by atoms with E-state index in [2.05, 4.69) is 20.6 Å². The third-order valence-electron chi connectivity index (χ3n) is 4.16. The van der Waals surface area contributed by atoms with Gasteiger partial charge in [-0.1, -0.05) is 0 Å². The summed E-state index contributed by atoms with van der Waals surface area (Å²) in [6.07, 6.45) is -3.19. The van der Waals surface area contributed by atoms with E-state index in [1.54, 1.807) is 0 Å². The van der Waals surface area contributed by atoms with Crippen molar-refractivity contribution in [1.82, 2.24) is 25.5 Å². The number of nitrogens with zero attached hydrogens (tertiary/aromatic N) is 2. The average Bonchev–Trinajstić information content (AvgIpc) is 3.02. The second-order valence-corrected chi connectivity index (χ2v) is 5.81. The fourth-order valence-corrected chi connectivity index (χ4v) is 2.92. The molecule has 1 saturated heterocycles. The molecule has 2 heterocycles. The predicted octanol–water partition coefficient (Wildman–Crippen LogP) is 2.11. The molecule has 0 bridgehead atoms. The number of carbonyl (C=O) groups excluding carboxylic acids is 1. The summed E-state index contributed by atoms with van der Waals surface area (Å²) < 4.78 is 53.6. The molecule has 2 aromatic rings. The van der Waals surface area contributed by atoms with E-state index in [4.69, 9.17) is 0 Å². The van der Waals surface area contributed by atoms with Crippen molar-refractivity contribution in [2.75, 3.05) is 32.7 Å². The van der Waals surface area contributed by atoms with E-state index in [1.165, 1.54) is 17.3 Å². The monoisotopic (exact) mass is 431 g/mol. The summed E-state index contributed by atoms with van der Waals surface area (Å²) >= 11 is 0. The number of alkyl halides is 3. The van der Waals surface area contributed by atoms with Crippen molar-refractivity contribution < 1.29 is 22.4 Å². The maximum Gasteiger partial charge on any atom is 0.405 e. The van der Waals surface area contributed by atoms with E-state index >= 15 is 0 Å². The van der Waals surface area contributed by atoms with Gasteiger partial charge in [-0.05, 0) is 12.1 Å². The van der Waals surface area contributed by atoms with E-state index in [1.807, 2.05) is 0 Å². The van der Waals surface area contributed by atoms with Crippen molar-refractivity contribution in [2.24, 2.45) is 0 Å². The third-order valence-corrected chi connectivity index (χ3v) is 4.16. The summed E-state index contributed by atoms with van der Waals surface area (Å²) in [6.45, 7) is 0.786. The van der Waals surface area contributed by atoms with Crippen molar-refractivity contribution in [2.45, 2.75) is 12.2 Å². The Kier molecular flexibility index (Phi) is 8.27. The van der Waals surface area contributed by atoms with Gasteiger partial charge in [0, 0.05) is 32.7 Å². The highest BCUT2D eigenvalue weighted by Gasteiger charge is 2.43. The minimum absolute atomic E-state index is 0. The van der Waals surface area contributed by atoms with Gasteiger partial charge >= 0.3 is 6.18 Å². The van der Waals surface area contributed by atoms with Gasteiger partial charge in [0.25, 0.3) is 5.91 Å². The second kappa shape index (κ2) is 9.54. The molecule has 0 spiro atoms. The van der Waals surface area contributed by atoms with Crippen LogP contribution in [0.1, 0.15) is 10.4 Å². The van der Waals surface area contributed by atoms with E-state index in [9.17, 15) is 22.4 Å². The number of H-pyrrole nitrogens is 1. The van der Waals surface area contributed by atoms with Crippen LogP contribution in [0.5, 0.6) is 0 Å². The van der Waals surface area contributed by atoms with E-state index in [-0.39, 0.29) is 49.0 Å². The molecule has 3 rings (SSSR count). The summed E-state index contributed by atoms with van der Waals surface area (Å²) in [5.41, 5.74) is 0.418. The van der Waals surface area contributed by atoms with Crippen molar-refractivity contribution in [3.8, 4) is 0 Å². The fourth-order valence-electron chi connectivity index (χ4n) is 2.92. The number of nitrogens with one attached hydrogen (secondary N) is 3. The molecular weight excluding hydrogens is 413 g/mol. The maximum absolute atomic E-state index is 13.6. The summed E-state index contributed by atoms with van der Waals surface area (Å²) in [4.78, 5) is 20.2. The Morgan fingerprint density at radius 3 is 2.56 bits per heavy atom. The van der Waals surface area contributed by atoms with Crippen LogP contribution in [0.2, 0.25) is 0 Å². The topological polar surface area (TPSA) is 73.1 Å². The lowest BCUT2D eigenvalue weighted by Crippen LogP contribution is -2.57. The zero-order chi connectivity index (χ0) is 18.0. The van der Waals surface area contributed by atoms with Gasteiger partial charge in [0.1, 0.15) is 17.4 Å². The Hall–Kier alpha value is -1.62. The number of rotatable bonds is 4. The molecular formula is C15H19Cl2F4N5O. The second-order valence-electron chi connectivity index (χ2n) is 5.81. The molecule has 3 N–H and O–H groups in total. The first-order valence-corrected chi connectivity index (χ1v) is 7.78. The normalized spacial score (nSPS) is 16.3. The lowest BCUT2D eigenvalue weighted by molar-refractivity contribution is -0.183. The number of hydrogen-bond acceptors (Lipinski definition) is 4. The van der Waals surface area contributed by atoms with Gasteiger partial charge in [-0.15, -0.1) is 24.8 Å². The SMILES string of the molecule is Cl.Cl.O=C(NCC(N1CCNCC1)C(F)(F)F)c1cc(F)cc2[nH]cnc12. The molecule has 12 heteroatoms. The van der Waals surface area contributed by atoms with Crippen molar-refractivity contribution in [3.63, 3.8) is 0 Å². The van der Waals surface area contributed by atoms with Crippen LogP contribution in [-0.2, 0) is 0 Å². The van der Waals surface area contributed by atoms with Crippen LogP contribution in [0.3, 0.4) is 0 Å². The summed E-state index contributed by atoms with van der Waals surface area (Å²) in [5.74, 6) is -1.46. The Bertz CT molecular complexity index is 764. The van der Waals surface area contributed by atoms with Crippen LogP contribution in [0.4, 0.5) is 17.6 Å². The van der Waals surface area contributed by atoms with E-state index < -0.39 is 30.5 Å². The summed E-state index contributed by atoms with van der Waals surface area (Å²) in [7, 11) is 0. The first kappa shape index (κ1) is 23.4. The largest absolute Gasteiger partial charge is 0.405 e. The van der Waals surface area contributed by atoms with Gasteiger partial charge in [0.15, 0.2) is 0 Å². The van der Waals surface area contributed by atoms with E-state index in [0.717, 1.165) is 6.07 Å². The zero-order valence-electron chi connectivity index (χ0n) is 14.0. The molecule has 0 aliphatic carbocycles. The molecule has 27 heavy (non-hydrogen) atoms. The lowest BCUT2D eigenvalue weighted by Gasteiger charge is -2.35. The third kappa shape index (κ3) is 5.44. The van der Waals surface area contributed by atoms with E-state index in [0.29, 0.717) is 18.6 Å². The number of imidazole rings is 1. The van der Waals surface area contributed by atoms with Crippen LogP contribution in [0.15, 0.2) is 18.5 Å². The molecule has 1 fully saturated rings. The molecule has 1 aliphatic rings. The molecule has 152 valence electrons. The van der Waals surface area contributed by atoms with Crippen molar-refractivity contribution >= 4 is 41.8 Å². The standard InChI is InChI=1S/C15H17F4N5O.2ClH/c16-9-5-10(13-11(6-9)22-8-23-13)14(25)21-7-12(15(17,18)19)24-3-1-20-2-4-24;;/h5-6,8,12,20H,1-4,7H2,(H,21,25)(H,22,23);2*1H. The van der Waals surface area contributed by atoms with Crippen LogP contribution in [0.25, 0.3) is 11.0 Å². The molecule has 1 amide bonds.